The molecule has 26 nitrogen and oxygen atoms in total. The highest BCUT2D eigenvalue weighted by atomic mass is 16.6. The molecular weight excluding hydrogens is 1750 g/mol. The van der Waals surface area contributed by atoms with Gasteiger partial charge in [0.2, 0.25) is 17.7 Å². The summed E-state index contributed by atoms with van der Waals surface area (Å²) in [6.45, 7) is 14.1. The van der Waals surface area contributed by atoms with Gasteiger partial charge in [0.15, 0.2) is 23.1 Å². The molecule has 9 aromatic rings. The van der Waals surface area contributed by atoms with Crippen LogP contribution in [-0.2, 0) is 57.4 Å². The number of cyclic esters (lactones) is 4. The van der Waals surface area contributed by atoms with Crippen molar-refractivity contribution >= 4 is 82.6 Å². The van der Waals surface area contributed by atoms with E-state index >= 15 is 19.2 Å². The molecule has 3 aliphatic heterocycles. The van der Waals surface area contributed by atoms with E-state index < -0.39 is 143 Å². The van der Waals surface area contributed by atoms with E-state index in [2.05, 4.69) is 24.3 Å². The van der Waals surface area contributed by atoms with Crippen LogP contribution in [0.25, 0.3) is 0 Å². The number of imide groups is 1. The number of aromatic hydroxyl groups is 1. The van der Waals surface area contributed by atoms with Gasteiger partial charge < -0.3 is 55.3 Å². The van der Waals surface area contributed by atoms with Crippen LogP contribution in [0.4, 0.5) is 0 Å². The van der Waals surface area contributed by atoms with Gasteiger partial charge in [-0.2, -0.15) is 0 Å². The molecule has 3 aliphatic rings. The van der Waals surface area contributed by atoms with Gasteiger partial charge in [-0.1, -0.05) is 239 Å². The normalized spacial score (nSPS) is 18.1. The van der Waals surface area contributed by atoms with Gasteiger partial charge in [0.05, 0.1) is 72.0 Å². The first-order chi connectivity index (χ1) is 66.0. The Morgan fingerprint density at radius 1 is 0.420 bits per heavy atom. The number of amides is 3. The maximum Gasteiger partial charge on any atom is 0.318 e. The van der Waals surface area contributed by atoms with Crippen molar-refractivity contribution in [2.45, 2.75) is 142 Å². The number of unbranched alkanes of at least 4 members (excludes halogenated alkanes) is 1. The summed E-state index contributed by atoms with van der Waals surface area (Å²) in [5.74, 6) is -24.7. The zero-order valence-corrected chi connectivity index (χ0v) is 81.0. The zero-order valence-electron chi connectivity index (χ0n) is 81.0. The number of benzene rings is 9. The fraction of sp³-hybridized carbons (Fsp3) is 0.393. The summed E-state index contributed by atoms with van der Waals surface area (Å²) in [6, 6.07) is 70.5. The molecule has 3 amide bonds. The summed E-state index contributed by atoms with van der Waals surface area (Å²) in [5, 5.41) is 35.7. The highest BCUT2D eigenvalue weighted by molar-refractivity contribution is 6.14. The fourth-order valence-corrected chi connectivity index (χ4v) is 18.8. The van der Waals surface area contributed by atoms with Crippen LogP contribution in [0.3, 0.4) is 0 Å². The molecular formula is C112H132N6O20. The molecule has 0 aromatic heterocycles. The molecule has 0 radical (unpaired) electrons. The van der Waals surface area contributed by atoms with Crippen molar-refractivity contribution in [3.05, 3.63) is 310 Å². The number of hydrogen-bond donors (Lipinski definition) is 5. The molecule has 6 N–H and O–H groups in total. The number of ketones is 4. The third-order valence-electron chi connectivity index (χ3n) is 26.2. The number of ether oxygens (including phenoxy) is 3. The second-order valence-electron chi connectivity index (χ2n) is 36.8. The zero-order chi connectivity index (χ0) is 100. The van der Waals surface area contributed by atoms with E-state index in [1.165, 1.54) is 59.9 Å². The van der Waals surface area contributed by atoms with Gasteiger partial charge in [0, 0.05) is 35.3 Å². The monoisotopic (exact) mass is 1880 g/mol. The van der Waals surface area contributed by atoms with E-state index in [0.29, 0.717) is 64.9 Å². The number of aliphatic carboxylic acids is 2. The van der Waals surface area contributed by atoms with Crippen molar-refractivity contribution in [3.8, 4) is 11.5 Å². The molecule has 15 atom stereocenters. The van der Waals surface area contributed by atoms with Crippen LogP contribution in [0, 0.1) is 73.0 Å². The molecule has 15 unspecified atom stereocenters. The molecule has 730 valence electrons. The number of phenols is 1. The summed E-state index contributed by atoms with van der Waals surface area (Å²) in [7, 11) is 11.6. The number of likely N-dealkylation sites (tertiary alicyclic amines) is 1. The average Bonchev–Trinajstić information content (AvgIpc) is 1.63. The third-order valence-corrected chi connectivity index (χ3v) is 26.2. The van der Waals surface area contributed by atoms with E-state index in [4.69, 9.17) is 25.1 Å². The Balaban J connectivity index is 0.000000389. The van der Waals surface area contributed by atoms with Crippen molar-refractivity contribution in [2.24, 2.45) is 64.9 Å². The van der Waals surface area contributed by atoms with Crippen molar-refractivity contribution in [1.82, 2.24) is 24.9 Å². The molecule has 0 bridgehead atoms. The number of carboxylic acids is 2. The van der Waals surface area contributed by atoms with Crippen molar-refractivity contribution in [2.75, 3.05) is 81.6 Å². The Labute approximate surface area is 809 Å². The van der Waals surface area contributed by atoms with Crippen molar-refractivity contribution < 1.29 is 96.7 Å². The average molecular weight is 1880 g/mol. The topological polar surface area (TPSA) is 378 Å². The van der Waals surface area contributed by atoms with E-state index in [-0.39, 0.29) is 96.9 Å². The number of hydrogen-bond acceptors (Lipinski definition) is 22. The van der Waals surface area contributed by atoms with Crippen LogP contribution in [0.15, 0.2) is 249 Å². The lowest BCUT2D eigenvalue weighted by atomic mass is 9.64. The SMILES string of the molecule is CCC(c1ccccc1)C(C(=O)Oc1ccc(C(=O)CC(=O)c2ccc(C)cc2)cc1)C(CC(c1ccccc1)C1C(=O)N(CCCN(C)C)C(=O)C1CC(c1ccccc1)C(C(=O)NCCCN(C)C)C(CC(c1ccccc1)C1C(=O)OC(=O)C1C)C(=O)O)C(=O)O.CCC(c1ccccc1)C1C(=O)OC(=O)C1C.CN(C)CCCCN.Cc1ccc(C(=O)CC(=O)c2ccc(O)cc2)cc1. The largest absolute Gasteiger partial charge is 0.508 e. The van der Waals surface area contributed by atoms with Gasteiger partial charge in [-0.15, -0.1) is 0 Å². The predicted octanol–water partition coefficient (Wildman–Crippen LogP) is 16.6. The van der Waals surface area contributed by atoms with Gasteiger partial charge in [0.25, 0.3) is 0 Å². The lowest BCUT2D eigenvalue weighted by Gasteiger charge is -2.37. The number of Topliss-reactive ketones (excluding diaryl/α,β-unsaturated/α-hetero) is 4. The van der Waals surface area contributed by atoms with E-state index in [1.807, 2.05) is 108 Å². The number of aryl methyl sites for hydroxylation is 2. The molecule has 3 saturated heterocycles. The Morgan fingerprint density at radius 3 is 1.17 bits per heavy atom. The van der Waals surface area contributed by atoms with E-state index in [9.17, 15) is 58.2 Å². The number of carbonyl (C=O) groups is 14. The number of nitrogens with one attached hydrogen (secondary N) is 1. The first-order valence-corrected chi connectivity index (χ1v) is 47.4. The fourth-order valence-electron chi connectivity index (χ4n) is 18.8. The Bertz CT molecular complexity index is 5500. The minimum atomic E-state index is -1.61. The van der Waals surface area contributed by atoms with Crippen molar-refractivity contribution in [1.29, 1.82) is 0 Å². The molecule has 3 fully saturated rings. The minimum Gasteiger partial charge on any atom is -0.508 e. The summed E-state index contributed by atoms with van der Waals surface area (Å²) in [4.78, 5) is 199. The Morgan fingerprint density at radius 2 is 0.783 bits per heavy atom. The Hall–Kier alpha value is -13.4. The van der Waals surface area contributed by atoms with Crippen LogP contribution >= 0.6 is 0 Å². The maximum atomic E-state index is 15.9. The lowest BCUT2D eigenvalue weighted by molar-refractivity contribution is -0.155. The van der Waals surface area contributed by atoms with Crippen LogP contribution < -0.4 is 15.8 Å². The van der Waals surface area contributed by atoms with Crippen LogP contribution in [0.2, 0.25) is 0 Å². The van der Waals surface area contributed by atoms with E-state index in [1.54, 1.807) is 172 Å². The maximum absolute atomic E-state index is 15.9. The summed E-state index contributed by atoms with van der Waals surface area (Å²) in [5.41, 5.74) is 12.1. The molecule has 3 heterocycles. The molecule has 12 rings (SSSR count). The second-order valence-corrected chi connectivity index (χ2v) is 36.8. The van der Waals surface area contributed by atoms with Crippen molar-refractivity contribution in [3.63, 3.8) is 0 Å². The number of carbonyl (C=O) groups excluding carboxylic acids is 12. The standard InChI is InChI=1S/C76H86N4O14.C16H14O3.C14H16O3.C6H16N2/c1-8-56(49-23-13-9-14-24-49)68(76(92)93-55-37-35-54(36-38-55)64(82)46-63(81)53-33-31-47(2)32-34-53)62(73(88)89)45-59(52-29-19-12-20-30-52)67-60(70(84)80(71(67)85)42-22-41-79(6)7)43-58(51-27-17-11-18-28-51)66(69(83)77-39-21-40-78(4)5)61(72(86)87)44-57(50-25-15-10-16-26-50)65-48(3)74(90)94-75(65)91;1-11-2-4-12(5-3-11)15(18)10-16(19)13-6-8-14(17)9-7-13;1-3-11(10-7-5-4-6-8-10)12-9(2)13(15)17-14(12)16;1-8(2)6-4-3-5-7/h9-20,23-38,48,56-62,65-68H,8,21-22,39-46H2,1-7H3,(H,77,83)(H,86,87)(H,88,89);2-9,17H,10H2,1H3;4-9,11-12H,3H2,1-2H3;3-7H2,1-2H3. The van der Waals surface area contributed by atoms with Gasteiger partial charge in [-0.05, 0) is 246 Å². The predicted molar refractivity (Wildman–Crippen MR) is 526 cm³/mol. The van der Waals surface area contributed by atoms with E-state index in [0.717, 1.165) is 42.6 Å². The Kier molecular flexibility index (Phi) is 41.9. The van der Waals surface area contributed by atoms with Crippen LogP contribution in [-0.4, -0.2) is 199 Å². The highest BCUT2D eigenvalue weighted by Gasteiger charge is 2.57. The molecule has 138 heavy (non-hydrogen) atoms. The summed E-state index contributed by atoms with van der Waals surface area (Å²) in [6.07, 6.45) is 2.68. The van der Waals surface area contributed by atoms with Crippen LogP contribution in [0.5, 0.6) is 11.5 Å². The molecule has 0 spiro atoms. The first kappa shape index (κ1) is 108. The molecule has 0 aliphatic carbocycles. The van der Waals surface area contributed by atoms with Crippen LogP contribution in [0.1, 0.15) is 208 Å². The number of nitrogens with two attached hydrogens (primary N) is 1. The number of esters is 5. The summed E-state index contributed by atoms with van der Waals surface area (Å²) >= 11 is 0. The lowest BCUT2D eigenvalue weighted by Crippen LogP contribution is -2.44. The van der Waals surface area contributed by atoms with Gasteiger partial charge in [0.1, 0.15) is 11.5 Å². The highest BCUT2D eigenvalue weighted by Crippen LogP contribution is 2.52. The molecule has 0 saturated carbocycles. The number of phenolic OH excluding ortho intramolecular Hbond substituents is 1. The third kappa shape index (κ3) is 30.3. The van der Waals surface area contributed by atoms with Gasteiger partial charge in [-0.3, -0.25) is 72.0 Å². The quantitative estimate of drug-likeness (QED) is 0.00591. The first-order valence-electron chi connectivity index (χ1n) is 47.4. The smallest absolute Gasteiger partial charge is 0.318 e. The number of nitrogens with zero attached hydrogens (tertiary/aromatic N) is 4. The summed E-state index contributed by atoms with van der Waals surface area (Å²) < 4.78 is 16.1. The number of carboxylic acid groups (broad SMARTS) is 2. The molecule has 26 heteroatoms. The number of rotatable bonds is 45. The van der Waals surface area contributed by atoms with Gasteiger partial charge in [-0.25, -0.2) is 0 Å². The van der Waals surface area contributed by atoms with Gasteiger partial charge >= 0.3 is 41.8 Å². The minimum absolute atomic E-state index is 0.00255. The molecule has 9 aromatic carbocycles. The second kappa shape index (κ2) is 53.4.